The molecule has 0 unspecified atom stereocenters. The first-order valence-corrected chi connectivity index (χ1v) is 7.57. The summed E-state index contributed by atoms with van der Waals surface area (Å²) >= 11 is 1.41. The SMILES string of the molecule is COc1cc(C(=O)Nc2nc3c(C)cccc3s2)nc(OC)n1. The molecule has 0 radical (unpaired) electrons. The standard InChI is InChI=1S/C15H14N4O3S/c1-8-5-4-6-10-12(8)18-15(23-10)19-13(20)9-7-11(21-2)17-14(16-9)22-3/h4-7H,1-3H3,(H,18,19,20). The highest BCUT2D eigenvalue weighted by molar-refractivity contribution is 7.22. The van der Waals surface area contributed by atoms with Gasteiger partial charge in [-0.15, -0.1) is 0 Å². The van der Waals surface area contributed by atoms with E-state index >= 15 is 0 Å². The zero-order valence-corrected chi connectivity index (χ0v) is 13.6. The molecule has 1 N–H and O–H groups in total. The second-order valence-electron chi connectivity index (χ2n) is 4.68. The fourth-order valence-electron chi connectivity index (χ4n) is 2.02. The smallest absolute Gasteiger partial charge is 0.320 e. The summed E-state index contributed by atoms with van der Waals surface area (Å²) in [6, 6.07) is 7.41. The molecule has 0 saturated carbocycles. The highest BCUT2D eigenvalue weighted by Crippen LogP contribution is 2.28. The number of hydrogen-bond donors (Lipinski definition) is 1. The molecular weight excluding hydrogens is 316 g/mol. The molecule has 118 valence electrons. The second-order valence-corrected chi connectivity index (χ2v) is 5.71. The van der Waals surface area contributed by atoms with E-state index in [2.05, 4.69) is 20.3 Å². The Labute approximate surface area is 136 Å². The van der Waals surface area contributed by atoms with E-state index in [1.807, 2.05) is 25.1 Å². The van der Waals surface area contributed by atoms with Gasteiger partial charge in [-0.2, -0.15) is 9.97 Å². The maximum Gasteiger partial charge on any atom is 0.320 e. The van der Waals surface area contributed by atoms with Crippen molar-refractivity contribution in [1.82, 2.24) is 15.0 Å². The van der Waals surface area contributed by atoms with Gasteiger partial charge in [-0.25, -0.2) is 4.98 Å². The van der Waals surface area contributed by atoms with Crippen LogP contribution in [0.1, 0.15) is 16.1 Å². The van der Waals surface area contributed by atoms with E-state index in [1.165, 1.54) is 31.6 Å². The number of nitrogens with zero attached hydrogens (tertiary/aromatic N) is 3. The number of ether oxygens (including phenoxy) is 2. The van der Waals surface area contributed by atoms with Gasteiger partial charge in [-0.1, -0.05) is 23.5 Å². The van der Waals surface area contributed by atoms with Crippen molar-refractivity contribution in [2.45, 2.75) is 6.92 Å². The first-order valence-electron chi connectivity index (χ1n) is 6.75. The molecule has 7 nitrogen and oxygen atoms in total. The number of hydrogen-bond acceptors (Lipinski definition) is 7. The summed E-state index contributed by atoms with van der Waals surface area (Å²) in [7, 11) is 2.88. The molecule has 2 aromatic heterocycles. The fourth-order valence-corrected chi connectivity index (χ4v) is 2.96. The van der Waals surface area contributed by atoms with Gasteiger partial charge < -0.3 is 9.47 Å². The Kier molecular flexibility index (Phi) is 4.07. The van der Waals surface area contributed by atoms with E-state index in [4.69, 9.17) is 9.47 Å². The number of methoxy groups -OCH3 is 2. The van der Waals surface area contributed by atoms with Crippen LogP contribution in [0.2, 0.25) is 0 Å². The molecule has 2 heterocycles. The molecule has 1 aromatic carbocycles. The summed E-state index contributed by atoms with van der Waals surface area (Å²) in [6.45, 7) is 1.98. The number of amides is 1. The van der Waals surface area contributed by atoms with Gasteiger partial charge in [0.15, 0.2) is 5.13 Å². The number of para-hydroxylation sites is 1. The Morgan fingerprint density at radius 3 is 2.70 bits per heavy atom. The molecule has 3 rings (SSSR count). The second kappa shape index (κ2) is 6.17. The fraction of sp³-hybridized carbons (Fsp3) is 0.200. The van der Waals surface area contributed by atoms with Crippen molar-refractivity contribution in [1.29, 1.82) is 0 Å². The molecule has 1 amide bonds. The summed E-state index contributed by atoms with van der Waals surface area (Å²) in [4.78, 5) is 24.8. The first kappa shape index (κ1) is 15.2. The van der Waals surface area contributed by atoms with E-state index in [0.29, 0.717) is 5.13 Å². The van der Waals surface area contributed by atoms with Gasteiger partial charge in [0.05, 0.1) is 24.4 Å². The van der Waals surface area contributed by atoms with Crippen molar-refractivity contribution in [2.75, 3.05) is 19.5 Å². The average molecular weight is 330 g/mol. The van der Waals surface area contributed by atoms with Crippen molar-refractivity contribution in [3.8, 4) is 11.9 Å². The zero-order valence-electron chi connectivity index (χ0n) is 12.8. The number of aromatic nitrogens is 3. The van der Waals surface area contributed by atoms with Crippen molar-refractivity contribution < 1.29 is 14.3 Å². The number of fused-ring (bicyclic) bond motifs is 1. The maximum absolute atomic E-state index is 12.4. The average Bonchev–Trinajstić information content (AvgIpc) is 2.98. The maximum atomic E-state index is 12.4. The lowest BCUT2D eigenvalue weighted by molar-refractivity contribution is 0.102. The quantitative estimate of drug-likeness (QED) is 0.791. The molecule has 0 atom stereocenters. The van der Waals surface area contributed by atoms with Crippen LogP contribution in [-0.4, -0.2) is 35.1 Å². The number of benzene rings is 1. The number of aryl methyl sites for hydroxylation is 1. The van der Waals surface area contributed by atoms with Gasteiger partial charge in [0.1, 0.15) is 5.69 Å². The summed E-state index contributed by atoms with van der Waals surface area (Å²) < 4.78 is 11.0. The van der Waals surface area contributed by atoms with Crippen molar-refractivity contribution in [3.05, 3.63) is 35.5 Å². The van der Waals surface area contributed by atoms with Gasteiger partial charge >= 0.3 is 6.01 Å². The van der Waals surface area contributed by atoms with E-state index in [-0.39, 0.29) is 17.6 Å². The minimum absolute atomic E-state index is 0.0645. The van der Waals surface area contributed by atoms with Gasteiger partial charge in [-0.3, -0.25) is 10.1 Å². The number of anilines is 1. The molecule has 23 heavy (non-hydrogen) atoms. The summed E-state index contributed by atoms with van der Waals surface area (Å²) in [5.74, 6) is -0.150. The normalized spacial score (nSPS) is 10.6. The van der Waals surface area contributed by atoms with E-state index in [9.17, 15) is 4.79 Å². The largest absolute Gasteiger partial charge is 0.481 e. The Bertz CT molecular complexity index is 856. The first-order chi connectivity index (χ1) is 11.1. The molecule has 0 bridgehead atoms. The molecule has 0 saturated heterocycles. The Hall–Kier alpha value is -2.74. The predicted octanol–water partition coefficient (Wildman–Crippen LogP) is 2.66. The highest BCUT2D eigenvalue weighted by atomic mass is 32.1. The molecule has 0 aliphatic carbocycles. The van der Waals surface area contributed by atoms with Crippen LogP contribution < -0.4 is 14.8 Å². The lowest BCUT2D eigenvalue weighted by Gasteiger charge is -2.05. The minimum atomic E-state index is -0.402. The Morgan fingerprint density at radius 1 is 1.17 bits per heavy atom. The molecular formula is C15H14N4O3S. The summed E-state index contributed by atoms with van der Waals surface area (Å²) in [6.07, 6.45) is 0. The third kappa shape index (κ3) is 3.07. The predicted molar refractivity (Wildman–Crippen MR) is 87.4 cm³/mol. The van der Waals surface area contributed by atoms with Crippen LogP contribution in [0.4, 0.5) is 5.13 Å². The van der Waals surface area contributed by atoms with Crippen LogP contribution in [0, 0.1) is 6.92 Å². The third-order valence-electron chi connectivity index (χ3n) is 3.15. The molecule has 0 spiro atoms. The van der Waals surface area contributed by atoms with Gasteiger partial charge in [-0.05, 0) is 18.6 Å². The lowest BCUT2D eigenvalue weighted by Crippen LogP contribution is -2.14. The number of nitrogens with one attached hydrogen (secondary N) is 1. The number of thiazole rings is 1. The van der Waals surface area contributed by atoms with Gasteiger partial charge in [0.2, 0.25) is 5.88 Å². The zero-order chi connectivity index (χ0) is 16.4. The van der Waals surface area contributed by atoms with Gasteiger partial charge in [0, 0.05) is 6.07 Å². The van der Waals surface area contributed by atoms with Crippen LogP contribution in [-0.2, 0) is 0 Å². The highest BCUT2D eigenvalue weighted by Gasteiger charge is 2.15. The third-order valence-corrected chi connectivity index (χ3v) is 4.08. The summed E-state index contributed by atoms with van der Waals surface area (Å²) in [5, 5.41) is 3.25. The van der Waals surface area contributed by atoms with Crippen molar-refractivity contribution in [2.24, 2.45) is 0 Å². The van der Waals surface area contributed by atoms with E-state index in [0.717, 1.165) is 15.8 Å². The number of rotatable bonds is 4. The molecule has 8 heteroatoms. The molecule has 3 aromatic rings. The van der Waals surface area contributed by atoms with Crippen LogP contribution in [0.25, 0.3) is 10.2 Å². The number of carbonyl (C=O) groups excluding carboxylic acids is 1. The Balaban J connectivity index is 1.89. The Morgan fingerprint density at radius 2 is 2.00 bits per heavy atom. The van der Waals surface area contributed by atoms with Crippen molar-refractivity contribution >= 4 is 32.6 Å². The van der Waals surface area contributed by atoms with Gasteiger partial charge in [0.25, 0.3) is 5.91 Å². The van der Waals surface area contributed by atoms with Crippen LogP contribution >= 0.6 is 11.3 Å². The van der Waals surface area contributed by atoms with Crippen molar-refractivity contribution in [3.63, 3.8) is 0 Å². The molecule has 0 aliphatic rings. The molecule has 0 fully saturated rings. The number of carbonyl (C=O) groups is 1. The topological polar surface area (TPSA) is 86.2 Å². The van der Waals surface area contributed by atoms with Crippen LogP contribution in [0.15, 0.2) is 24.3 Å². The monoisotopic (exact) mass is 330 g/mol. The molecule has 0 aliphatic heterocycles. The lowest BCUT2D eigenvalue weighted by atomic mass is 10.2. The van der Waals surface area contributed by atoms with Crippen LogP contribution in [0.5, 0.6) is 11.9 Å². The van der Waals surface area contributed by atoms with E-state index < -0.39 is 5.91 Å². The minimum Gasteiger partial charge on any atom is -0.481 e. The van der Waals surface area contributed by atoms with E-state index in [1.54, 1.807) is 0 Å². The van der Waals surface area contributed by atoms with Crippen LogP contribution in [0.3, 0.4) is 0 Å². The summed E-state index contributed by atoms with van der Waals surface area (Å²) in [5.41, 5.74) is 2.08.